The molecule has 1 aromatic heterocycles. The maximum absolute atomic E-state index is 13.5. The predicted molar refractivity (Wildman–Crippen MR) is 88.1 cm³/mol. The van der Waals surface area contributed by atoms with Gasteiger partial charge in [-0.2, -0.15) is 5.10 Å². The highest BCUT2D eigenvalue weighted by Crippen LogP contribution is 2.20. The molecule has 1 amide bonds. The number of rotatable bonds is 4. The molecular formula is C18H14FN3O. The van der Waals surface area contributed by atoms with Crippen molar-refractivity contribution in [3.05, 3.63) is 78.3 Å². The van der Waals surface area contributed by atoms with E-state index in [0.29, 0.717) is 11.3 Å². The van der Waals surface area contributed by atoms with Gasteiger partial charge in [-0.3, -0.25) is 9.89 Å². The van der Waals surface area contributed by atoms with E-state index in [9.17, 15) is 9.18 Å². The van der Waals surface area contributed by atoms with Crippen molar-refractivity contribution in [2.24, 2.45) is 0 Å². The summed E-state index contributed by atoms with van der Waals surface area (Å²) < 4.78 is 13.5. The lowest BCUT2D eigenvalue weighted by Crippen LogP contribution is -2.07. The summed E-state index contributed by atoms with van der Waals surface area (Å²) in [5.74, 6) is -0.687. The molecule has 1 heterocycles. The highest BCUT2D eigenvalue weighted by molar-refractivity contribution is 6.02. The standard InChI is InChI=1S/C18H14FN3O/c19-16-7-2-1-4-13(16)8-9-18(23)21-15-6-3-5-14(12-15)17-10-11-20-22-17/h1-12H,(H,20,22)(H,21,23). The number of aromatic nitrogens is 2. The first-order valence-electron chi connectivity index (χ1n) is 7.06. The van der Waals surface area contributed by atoms with Gasteiger partial charge in [-0.05, 0) is 30.3 Å². The summed E-state index contributed by atoms with van der Waals surface area (Å²) in [5, 5.41) is 9.52. The fourth-order valence-electron chi connectivity index (χ4n) is 2.14. The minimum Gasteiger partial charge on any atom is -0.322 e. The van der Waals surface area contributed by atoms with Gasteiger partial charge in [-0.15, -0.1) is 0 Å². The third kappa shape index (κ3) is 3.71. The lowest BCUT2D eigenvalue weighted by atomic mass is 10.1. The number of anilines is 1. The second-order valence-electron chi connectivity index (χ2n) is 4.90. The monoisotopic (exact) mass is 307 g/mol. The molecule has 5 heteroatoms. The largest absolute Gasteiger partial charge is 0.322 e. The molecule has 0 spiro atoms. The predicted octanol–water partition coefficient (Wildman–Crippen LogP) is 3.87. The van der Waals surface area contributed by atoms with Gasteiger partial charge in [0.05, 0.1) is 5.69 Å². The second kappa shape index (κ2) is 6.70. The molecule has 0 aliphatic rings. The van der Waals surface area contributed by atoms with Crippen molar-refractivity contribution >= 4 is 17.7 Å². The molecular weight excluding hydrogens is 293 g/mol. The van der Waals surface area contributed by atoms with Crippen LogP contribution < -0.4 is 5.32 Å². The number of hydrogen-bond donors (Lipinski definition) is 2. The van der Waals surface area contributed by atoms with Crippen LogP contribution in [0.2, 0.25) is 0 Å². The van der Waals surface area contributed by atoms with E-state index in [4.69, 9.17) is 0 Å². The quantitative estimate of drug-likeness (QED) is 0.719. The Morgan fingerprint density at radius 1 is 1.13 bits per heavy atom. The molecule has 2 N–H and O–H groups in total. The molecule has 3 aromatic rings. The van der Waals surface area contributed by atoms with Gasteiger partial charge in [-0.25, -0.2) is 4.39 Å². The van der Waals surface area contributed by atoms with E-state index >= 15 is 0 Å². The maximum atomic E-state index is 13.5. The third-order valence-electron chi connectivity index (χ3n) is 3.26. The summed E-state index contributed by atoms with van der Waals surface area (Å²) in [6.45, 7) is 0. The van der Waals surface area contributed by atoms with Crippen LogP contribution in [-0.4, -0.2) is 16.1 Å². The highest BCUT2D eigenvalue weighted by atomic mass is 19.1. The van der Waals surface area contributed by atoms with Gasteiger partial charge in [0.15, 0.2) is 0 Å². The summed E-state index contributed by atoms with van der Waals surface area (Å²) >= 11 is 0. The summed E-state index contributed by atoms with van der Waals surface area (Å²) in [7, 11) is 0. The fraction of sp³-hybridized carbons (Fsp3) is 0. The minimum atomic E-state index is -0.363. The Labute approximate surface area is 132 Å². The molecule has 2 aromatic carbocycles. The molecule has 0 saturated heterocycles. The van der Waals surface area contributed by atoms with E-state index < -0.39 is 0 Å². The number of carbonyl (C=O) groups is 1. The molecule has 0 radical (unpaired) electrons. The highest BCUT2D eigenvalue weighted by Gasteiger charge is 2.03. The van der Waals surface area contributed by atoms with Crippen LogP contribution in [0.5, 0.6) is 0 Å². The van der Waals surface area contributed by atoms with Gasteiger partial charge < -0.3 is 5.32 Å². The average molecular weight is 307 g/mol. The summed E-state index contributed by atoms with van der Waals surface area (Å²) in [6.07, 6.45) is 4.42. The molecule has 4 nitrogen and oxygen atoms in total. The van der Waals surface area contributed by atoms with Crippen LogP contribution in [0.3, 0.4) is 0 Å². The Morgan fingerprint density at radius 2 is 2.00 bits per heavy atom. The van der Waals surface area contributed by atoms with Crippen LogP contribution in [0, 0.1) is 5.82 Å². The van der Waals surface area contributed by atoms with E-state index in [1.807, 2.05) is 24.3 Å². The van der Waals surface area contributed by atoms with E-state index in [2.05, 4.69) is 15.5 Å². The van der Waals surface area contributed by atoms with Crippen molar-refractivity contribution in [1.29, 1.82) is 0 Å². The molecule has 114 valence electrons. The van der Waals surface area contributed by atoms with Crippen LogP contribution in [-0.2, 0) is 4.79 Å². The molecule has 0 saturated carbocycles. The maximum Gasteiger partial charge on any atom is 0.248 e. The first kappa shape index (κ1) is 14.7. The molecule has 0 aliphatic heterocycles. The van der Waals surface area contributed by atoms with E-state index in [1.165, 1.54) is 18.2 Å². The summed E-state index contributed by atoms with van der Waals surface area (Å²) in [5.41, 5.74) is 2.80. The van der Waals surface area contributed by atoms with Crippen molar-refractivity contribution in [3.8, 4) is 11.3 Å². The zero-order chi connectivity index (χ0) is 16.1. The minimum absolute atomic E-state index is 0.324. The van der Waals surface area contributed by atoms with Crippen molar-refractivity contribution in [3.63, 3.8) is 0 Å². The Bertz CT molecular complexity index is 841. The average Bonchev–Trinajstić information content (AvgIpc) is 3.09. The van der Waals surface area contributed by atoms with Crippen molar-refractivity contribution < 1.29 is 9.18 Å². The van der Waals surface area contributed by atoms with Crippen LogP contribution >= 0.6 is 0 Å². The first-order chi connectivity index (χ1) is 11.2. The summed E-state index contributed by atoms with van der Waals surface area (Å²) in [4.78, 5) is 12.0. The Morgan fingerprint density at radius 3 is 2.78 bits per heavy atom. The number of aromatic amines is 1. The first-order valence-corrected chi connectivity index (χ1v) is 7.06. The molecule has 0 atom stereocenters. The Kier molecular flexibility index (Phi) is 4.29. The molecule has 0 fully saturated rings. The molecule has 23 heavy (non-hydrogen) atoms. The number of H-pyrrole nitrogens is 1. The van der Waals surface area contributed by atoms with Gasteiger partial charge in [0.2, 0.25) is 5.91 Å². The fourth-order valence-corrected chi connectivity index (χ4v) is 2.14. The zero-order valence-corrected chi connectivity index (χ0v) is 12.2. The van der Waals surface area contributed by atoms with Gasteiger partial charge in [0, 0.05) is 29.1 Å². The number of benzene rings is 2. The normalized spacial score (nSPS) is 10.8. The number of amides is 1. The SMILES string of the molecule is O=C(C=Cc1ccccc1F)Nc1cccc(-c2ccn[nH]2)c1. The number of hydrogen-bond acceptors (Lipinski definition) is 2. The van der Waals surface area contributed by atoms with Gasteiger partial charge >= 0.3 is 0 Å². The lowest BCUT2D eigenvalue weighted by molar-refractivity contribution is -0.111. The van der Waals surface area contributed by atoms with Gasteiger partial charge in [0.25, 0.3) is 0 Å². The lowest BCUT2D eigenvalue weighted by Gasteiger charge is -2.04. The van der Waals surface area contributed by atoms with Crippen molar-refractivity contribution in [2.45, 2.75) is 0 Å². The number of nitrogens with one attached hydrogen (secondary N) is 2. The number of carbonyl (C=O) groups excluding carboxylic acids is 1. The van der Waals surface area contributed by atoms with Crippen LogP contribution in [0.4, 0.5) is 10.1 Å². The van der Waals surface area contributed by atoms with Gasteiger partial charge in [-0.1, -0.05) is 30.3 Å². The van der Waals surface area contributed by atoms with E-state index in [0.717, 1.165) is 11.3 Å². The number of halogens is 1. The van der Waals surface area contributed by atoms with Crippen LogP contribution in [0.25, 0.3) is 17.3 Å². The third-order valence-corrected chi connectivity index (χ3v) is 3.26. The number of nitrogens with zero attached hydrogens (tertiary/aromatic N) is 1. The van der Waals surface area contributed by atoms with Crippen molar-refractivity contribution in [1.82, 2.24) is 10.2 Å². The smallest absolute Gasteiger partial charge is 0.248 e. The van der Waals surface area contributed by atoms with E-state index in [-0.39, 0.29) is 11.7 Å². The summed E-state index contributed by atoms with van der Waals surface area (Å²) in [6, 6.07) is 15.5. The Hall–Kier alpha value is -3.21. The van der Waals surface area contributed by atoms with E-state index in [1.54, 1.807) is 30.5 Å². The van der Waals surface area contributed by atoms with Crippen molar-refractivity contribution in [2.75, 3.05) is 5.32 Å². The van der Waals surface area contributed by atoms with Gasteiger partial charge in [0.1, 0.15) is 5.82 Å². The second-order valence-corrected chi connectivity index (χ2v) is 4.90. The molecule has 3 rings (SSSR count). The van der Waals surface area contributed by atoms with Crippen LogP contribution in [0.15, 0.2) is 66.9 Å². The Balaban J connectivity index is 1.71. The molecule has 0 bridgehead atoms. The zero-order valence-electron chi connectivity index (χ0n) is 12.2. The molecule has 0 aliphatic carbocycles. The van der Waals surface area contributed by atoms with Crippen LogP contribution in [0.1, 0.15) is 5.56 Å². The molecule has 0 unspecified atom stereocenters. The topological polar surface area (TPSA) is 57.8 Å².